The first-order valence-electron chi connectivity index (χ1n) is 13.8. The number of imidazole rings is 1. The second-order valence-electron chi connectivity index (χ2n) is 12.1. The molecule has 2 aromatic heterocycles. The number of carbonyl (C=O) groups is 2. The minimum Gasteiger partial charge on any atom is -0.396 e. The number of halogens is 1. The molecule has 3 heterocycles. The van der Waals surface area contributed by atoms with Crippen molar-refractivity contribution >= 4 is 40.1 Å². The summed E-state index contributed by atoms with van der Waals surface area (Å²) in [5.74, 6) is 0.147. The van der Waals surface area contributed by atoms with Gasteiger partial charge in [0.25, 0.3) is 5.91 Å². The predicted octanol–water partition coefficient (Wildman–Crippen LogP) is 5.23. The van der Waals surface area contributed by atoms with Crippen LogP contribution in [-0.4, -0.2) is 57.6 Å². The second kappa shape index (κ2) is 11.1. The first-order valence-corrected chi connectivity index (χ1v) is 14.6. The van der Waals surface area contributed by atoms with Gasteiger partial charge in [-0.1, -0.05) is 26.5 Å². The SMILES string of the molecule is C=CC(=O)N1CCC2(CC(n3c(NC(=O)c4ccc(C(C)F)s4)nc4cc(CNCC(C)(C)CO)ccc43)C2)C1. The summed E-state index contributed by atoms with van der Waals surface area (Å²) in [6, 6.07) is 9.58. The van der Waals surface area contributed by atoms with E-state index >= 15 is 0 Å². The molecule has 2 aliphatic rings. The molecular formula is C30H38FN5O3S. The van der Waals surface area contributed by atoms with E-state index in [-0.39, 0.29) is 35.3 Å². The standard InChI is InChI=1S/C30H38FN5O3S/c1-5-26(38)35-11-10-30(17-35)13-21(14-30)36-23-7-6-20(15-32-16-29(3,4)18-37)12-22(23)33-28(36)34-27(39)25-9-8-24(40-25)19(2)31/h5-9,12,19,21,32,37H,1,10-11,13-18H2,2-4H3,(H,33,34,39). The van der Waals surface area contributed by atoms with Crippen molar-refractivity contribution in [1.82, 2.24) is 19.8 Å². The van der Waals surface area contributed by atoms with Gasteiger partial charge in [-0.05, 0) is 67.5 Å². The fourth-order valence-electron chi connectivity index (χ4n) is 5.87. The Balaban J connectivity index is 1.39. The van der Waals surface area contributed by atoms with Crippen LogP contribution in [0.25, 0.3) is 11.0 Å². The van der Waals surface area contributed by atoms with Gasteiger partial charge >= 0.3 is 0 Å². The first kappa shape index (κ1) is 28.4. The highest BCUT2D eigenvalue weighted by atomic mass is 32.1. The lowest BCUT2D eigenvalue weighted by molar-refractivity contribution is -0.125. The van der Waals surface area contributed by atoms with E-state index in [0.717, 1.165) is 60.3 Å². The first-order chi connectivity index (χ1) is 19.0. The van der Waals surface area contributed by atoms with E-state index in [1.165, 1.54) is 13.0 Å². The van der Waals surface area contributed by atoms with Crippen molar-refractivity contribution in [2.45, 2.75) is 58.8 Å². The normalized spacial score (nSPS) is 21.5. The van der Waals surface area contributed by atoms with Gasteiger partial charge in [-0.2, -0.15) is 0 Å². The van der Waals surface area contributed by atoms with Gasteiger partial charge in [0.2, 0.25) is 11.9 Å². The number of likely N-dealkylation sites (tertiary alicyclic amines) is 1. The molecule has 214 valence electrons. The molecule has 1 atom stereocenters. The van der Waals surface area contributed by atoms with Gasteiger partial charge in [0.15, 0.2) is 0 Å². The topological polar surface area (TPSA) is 99.5 Å². The van der Waals surface area contributed by atoms with Crippen LogP contribution in [-0.2, 0) is 11.3 Å². The van der Waals surface area contributed by atoms with E-state index in [1.54, 1.807) is 12.1 Å². The number of rotatable bonds is 10. The van der Waals surface area contributed by atoms with Gasteiger partial charge in [0.05, 0.1) is 15.9 Å². The van der Waals surface area contributed by atoms with Crippen molar-refractivity contribution in [2.75, 3.05) is 31.6 Å². The molecule has 0 bridgehead atoms. The molecule has 10 heteroatoms. The third-order valence-corrected chi connectivity index (χ3v) is 9.45. The molecule has 1 saturated heterocycles. The summed E-state index contributed by atoms with van der Waals surface area (Å²) in [6.07, 6.45) is 2.99. The summed E-state index contributed by atoms with van der Waals surface area (Å²) in [4.78, 5) is 33.0. The Morgan fingerprint density at radius 3 is 2.77 bits per heavy atom. The lowest BCUT2D eigenvalue weighted by Crippen LogP contribution is -2.42. The van der Waals surface area contributed by atoms with Crippen LogP contribution >= 0.6 is 11.3 Å². The molecule has 5 rings (SSSR count). The molecule has 2 fully saturated rings. The number of nitrogens with zero attached hydrogens (tertiary/aromatic N) is 3. The Hall–Kier alpha value is -3.08. The van der Waals surface area contributed by atoms with Gasteiger partial charge in [-0.25, -0.2) is 9.37 Å². The average Bonchev–Trinajstić information content (AvgIpc) is 3.64. The van der Waals surface area contributed by atoms with Crippen LogP contribution in [0.3, 0.4) is 0 Å². The van der Waals surface area contributed by atoms with Crippen LogP contribution in [0.15, 0.2) is 43.0 Å². The minimum atomic E-state index is -1.13. The van der Waals surface area contributed by atoms with Gasteiger partial charge < -0.3 is 19.9 Å². The quantitative estimate of drug-likeness (QED) is 0.292. The summed E-state index contributed by atoms with van der Waals surface area (Å²) in [5.41, 5.74) is 2.65. The Morgan fingerprint density at radius 1 is 1.32 bits per heavy atom. The van der Waals surface area contributed by atoms with Gasteiger partial charge in [-0.15, -0.1) is 11.3 Å². The van der Waals surface area contributed by atoms with Crippen LogP contribution in [0.4, 0.5) is 10.3 Å². The Morgan fingerprint density at radius 2 is 2.10 bits per heavy atom. The molecule has 3 aromatic rings. The van der Waals surface area contributed by atoms with E-state index in [4.69, 9.17) is 4.98 Å². The molecular weight excluding hydrogens is 529 g/mol. The molecule has 3 N–H and O–H groups in total. The summed E-state index contributed by atoms with van der Waals surface area (Å²) < 4.78 is 15.9. The van der Waals surface area contributed by atoms with Crippen LogP contribution in [0.1, 0.15) is 72.4 Å². The van der Waals surface area contributed by atoms with Crippen LogP contribution in [0, 0.1) is 10.8 Å². The molecule has 8 nitrogen and oxygen atoms in total. The molecule has 2 amide bonds. The van der Waals surface area contributed by atoms with E-state index in [2.05, 4.69) is 27.8 Å². The molecule has 1 aliphatic heterocycles. The summed E-state index contributed by atoms with van der Waals surface area (Å²) in [6.45, 7) is 12.0. The van der Waals surface area contributed by atoms with E-state index in [9.17, 15) is 19.1 Å². The smallest absolute Gasteiger partial charge is 0.268 e. The number of aliphatic hydroxyl groups is 1. The van der Waals surface area contributed by atoms with Crippen molar-refractivity contribution < 1.29 is 19.1 Å². The van der Waals surface area contributed by atoms with Crippen LogP contribution < -0.4 is 10.6 Å². The summed E-state index contributed by atoms with van der Waals surface area (Å²) in [7, 11) is 0. The number of anilines is 1. The van der Waals surface area contributed by atoms with Gasteiger partial charge in [-0.3, -0.25) is 14.9 Å². The van der Waals surface area contributed by atoms with Crippen LogP contribution in [0.5, 0.6) is 0 Å². The second-order valence-corrected chi connectivity index (χ2v) is 13.2. The van der Waals surface area contributed by atoms with Crippen molar-refractivity contribution in [3.05, 3.63) is 58.3 Å². The molecule has 1 aliphatic carbocycles. The Bertz CT molecular complexity index is 1420. The number of nitrogens with one attached hydrogen (secondary N) is 2. The van der Waals surface area contributed by atoms with Crippen molar-refractivity contribution in [3.63, 3.8) is 0 Å². The number of hydrogen-bond donors (Lipinski definition) is 3. The van der Waals surface area contributed by atoms with Crippen molar-refractivity contribution in [1.29, 1.82) is 0 Å². The number of carbonyl (C=O) groups excluding carboxylic acids is 2. The van der Waals surface area contributed by atoms with Crippen molar-refractivity contribution in [2.24, 2.45) is 10.8 Å². The highest BCUT2D eigenvalue weighted by Gasteiger charge is 2.50. The van der Waals surface area contributed by atoms with E-state index in [0.29, 0.717) is 28.8 Å². The number of amides is 2. The zero-order valence-electron chi connectivity index (χ0n) is 23.4. The van der Waals surface area contributed by atoms with Crippen LogP contribution in [0.2, 0.25) is 0 Å². The molecule has 1 saturated carbocycles. The number of alkyl halides is 1. The highest BCUT2D eigenvalue weighted by molar-refractivity contribution is 7.14. The lowest BCUT2D eigenvalue weighted by atomic mass is 9.64. The molecule has 1 unspecified atom stereocenters. The number of aliphatic hydroxyl groups excluding tert-OH is 1. The van der Waals surface area contributed by atoms with Gasteiger partial charge in [0.1, 0.15) is 6.17 Å². The molecule has 1 aromatic carbocycles. The zero-order chi connectivity index (χ0) is 28.7. The fraction of sp³-hybridized carbons (Fsp3) is 0.500. The third-order valence-electron chi connectivity index (χ3n) is 8.21. The minimum absolute atomic E-state index is 0.0252. The fourth-order valence-corrected chi connectivity index (χ4v) is 6.71. The maximum atomic E-state index is 13.8. The molecule has 0 radical (unpaired) electrons. The number of hydrogen-bond acceptors (Lipinski definition) is 6. The van der Waals surface area contributed by atoms with E-state index < -0.39 is 6.17 Å². The number of thiophene rings is 1. The number of aromatic nitrogens is 2. The summed E-state index contributed by atoms with van der Waals surface area (Å²) in [5, 5.41) is 15.9. The Kier molecular flexibility index (Phi) is 7.87. The van der Waals surface area contributed by atoms with Gasteiger partial charge in [0, 0.05) is 49.1 Å². The third kappa shape index (κ3) is 5.70. The maximum absolute atomic E-state index is 13.8. The Labute approximate surface area is 238 Å². The monoisotopic (exact) mass is 567 g/mol. The predicted molar refractivity (Wildman–Crippen MR) is 156 cm³/mol. The lowest BCUT2D eigenvalue weighted by Gasteiger charge is -2.46. The molecule has 40 heavy (non-hydrogen) atoms. The average molecular weight is 568 g/mol. The highest BCUT2D eigenvalue weighted by Crippen LogP contribution is 2.55. The van der Waals surface area contributed by atoms with Crippen molar-refractivity contribution in [3.8, 4) is 0 Å². The number of fused-ring (bicyclic) bond motifs is 1. The zero-order valence-corrected chi connectivity index (χ0v) is 24.2. The molecule has 1 spiro atoms. The largest absolute Gasteiger partial charge is 0.396 e. The maximum Gasteiger partial charge on any atom is 0.268 e. The number of benzene rings is 1. The summed E-state index contributed by atoms with van der Waals surface area (Å²) >= 11 is 1.15. The van der Waals surface area contributed by atoms with E-state index in [1.807, 2.05) is 30.9 Å².